The second-order valence-electron chi connectivity index (χ2n) is 3.97. The van der Waals surface area contributed by atoms with Crippen LogP contribution in [0.15, 0.2) is 18.2 Å². The molecule has 4 heteroatoms. The van der Waals surface area contributed by atoms with E-state index in [4.69, 9.17) is 4.74 Å². The van der Waals surface area contributed by atoms with Crippen molar-refractivity contribution in [2.24, 2.45) is 0 Å². The smallest absolute Gasteiger partial charge is 0.124 e. The van der Waals surface area contributed by atoms with E-state index in [1.54, 1.807) is 12.1 Å². The second kappa shape index (κ2) is 9.22. The predicted molar refractivity (Wildman–Crippen MR) is 76.9 cm³/mol. The zero-order valence-electron chi connectivity index (χ0n) is 11.2. The molecule has 0 aromatic heterocycles. The Hall–Kier alpha value is -0.740. The van der Waals surface area contributed by atoms with Crippen LogP contribution < -0.4 is 10.1 Å². The van der Waals surface area contributed by atoms with Crippen LogP contribution in [0.25, 0.3) is 0 Å². The molecule has 0 aliphatic heterocycles. The molecular formula is C14H22FNOS. The number of thioether (sulfide) groups is 1. The molecule has 18 heavy (non-hydrogen) atoms. The minimum atomic E-state index is -0.210. The number of hydrogen-bond acceptors (Lipinski definition) is 3. The molecule has 0 radical (unpaired) electrons. The minimum absolute atomic E-state index is 0.210. The lowest BCUT2D eigenvalue weighted by molar-refractivity contribution is 0.338. The van der Waals surface area contributed by atoms with E-state index in [2.05, 4.69) is 19.2 Å². The van der Waals surface area contributed by atoms with Gasteiger partial charge in [0.05, 0.1) is 6.61 Å². The number of halogens is 1. The summed E-state index contributed by atoms with van der Waals surface area (Å²) >= 11 is 1.84. The Balaban J connectivity index is 2.52. The maximum Gasteiger partial charge on any atom is 0.124 e. The summed E-state index contributed by atoms with van der Waals surface area (Å²) in [5.41, 5.74) is 0.893. The molecule has 0 fully saturated rings. The molecule has 0 saturated heterocycles. The van der Waals surface area contributed by atoms with Crippen LogP contribution in [0.1, 0.15) is 25.8 Å². The molecule has 1 rings (SSSR count). The van der Waals surface area contributed by atoms with E-state index in [0.29, 0.717) is 13.2 Å². The van der Waals surface area contributed by atoms with Gasteiger partial charge in [-0.05, 0) is 36.9 Å². The van der Waals surface area contributed by atoms with Gasteiger partial charge in [0.15, 0.2) is 0 Å². The van der Waals surface area contributed by atoms with Crippen molar-refractivity contribution in [1.82, 2.24) is 5.32 Å². The van der Waals surface area contributed by atoms with E-state index in [-0.39, 0.29) is 5.82 Å². The van der Waals surface area contributed by atoms with Gasteiger partial charge in [-0.25, -0.2) is 4.39 Å². The molecule has 102 valence electrons. The standard InChI is InChI=1S/C14H22FNOS/c1-3-7-16-11-12-10-13(15)5-6-14(12)17-8-9-18-4-2/h5-6,10,16H,3-4,7-9,11H2,1-2H3. The van der Waals surface area contributed by atoms with Gasteiger partial charge in [-0.15, -0.1) is 0 Å². The van der Waals surface area contributed by atoms with Crippen molar-refractivity contribution in [1.29, 1.82) is 0 Å². The van der Waals surface area contributed by atoms with Crippen LogP contribution in [0.3, 0.4) is 0 Å². The fraction of sp³-hybridized carbons (Fsp3) is 0.571. The Morgan fingerprint density at radius 2 is 2.17 bits per heavy atom. The van der Waals surface area contributed by atoms with E-state index >= 15 is 0 Å². The molecule has 1 N–H and O–H groups in total. The third kappa shape index (κ3) is 5.74. The molecule has 0 amide bonds. The number of nitrogens with one attached hydrogen (secondary N) is 1. The van der Waals surface area contributed by atoms with Gasteiger partial charge in [0.25, 0.3) is 0 Å². The van der Waals surface area contributed by atoms with E-state index in [1.807, 2.05) is 11.8 Å². The number of rotatable bonds is 9. The molecule has 0 heterocycles. The lowest BCUT2D eigenvalue weighted by Crippen LogP contribution is -2.15. The van der Waals surface area contributed by atoms with Gasteiger partial charge in [-0.3, -0.25) is 0 Å². The maximum absolute atomic E-state index is 13.2. The van der Waals surface area contributed by atoms with Crippen LogP contribution in [0.5, 0.6) is 5.75 Å². The third-order valence-electron chi connectivity index (χ3n) is 2.45. The van der Waals surface area contributed by atoms with Crippen LogP contribution in [-0.4, -0.2) is 24.7 Å². The molecule has 0 spiro atoms. The minimum Gasteiger partial charge on any atom is -0.492 e. The van der Waals surface area contributed by atoms with E-state index < -0.39 is 0 Å². The van der Waals surface area contributed by atoms with Crippen LogP contribution in [0.2, 0.25) is 0 Å². The van der Waals surface area contributed by atoms with Crippen molar-refractivity contribution in [2.45, 2.75) is 26.8 Å². The highest BCUT2D eigenvalue weighted by Gasteiger charge is 2.05. The third-order valence-corrected chi connectivity index (χ3v) is 3.32. The van der Waals surface area contributed by atoms with Crippen molar-refractivity contribution in [3.63, 3.8) is 0 Å². The van der Waals surface area contributed by atoms with Crippen molar-refractivity contribution in [2.75, 3.05) is 24.7 Å². The average Bonchev–Trinajstić information content (AvgIpc) is 2.37. The van der Waals surface area contributed by atoms with Gasteiger partial charge in [0.2, 0.25) is 0 Å². The summed E-state index contributed by atoms with van der Waals surface area (Å²) in [6.07, 6.45) is 1.07. The van der Waals surface area contributed by atoms with E-state index in [1.165, 1.54) is 6.07 Å². The lowest BCUT2D eigenvalue weighted by atomic mass is 10.2. The summed E-state index contributed by atoms with van der Waals surface area (Å²) in [5.74, 6) is 2.64. The zero-order valence-corrected chi connectivity index (χ0v) is 12.0. The molecule has 1 aromatic carbocycles. The van der Waals surface area contributed by atoms with E-state index in [0.717, 1.165) is 35.8 Å². The zero-order chi connectivity index (χ0) is 13.2. The molecule has 0 atom stereocenters. The fourth-order valence-electron chi connectivity index (χ4n) is 1.58. The summed E-state index contributed by atoms with van der Waals surface area (Å²) < 4.78 is 18.9. The predicted octanol–water partition coefficient (Wildman–Crippen LogP) is 3.46. The Morgan fingerprint density at radius 3 is 2.89 bits per heavy atom. The Labute approximate surface area is 113 Å². The quantitative estimate of drug-likeness (QED) is 0.695. The summed E-state index contributed by atoms with van der Waals surface area (Å²) in [6, 6.07) is 4.71. The van der Waals surface area contributed by atoms with Crippen molar-refractivity contribution >= 4 is 11.8 Å². The second-order valence-corrected chi connectivity index (χ2v) is 5.37. The highest BCUT2D eigenvalue weighted by Crippen LogP contribution is 2.20. The number of ether oxygens (including phenoxy) is 1. The monoisotopic (exact) mass is 271 g/mol. The van der Waals surface area contributed by atoms with Crippen molar-refractivity contribution < 1.29 is 9.13 Å². The van der Waals surface area contributed by atoms with Gasteiger partial charge in [0.1, 0.15) is 11.6 Å². The van der Waals surface area contributed by atoms with Crippen LogP contribution >= 0.6 is 11.8 Å². The molecular weight excluding hydrogens is 249 g/mol. The van der Waals surface area contributed by atoms with Crippen LogP contribution in [0, 0.1) is 5.82 Å². The highest BCUT2D eigenvalue weighted by atomic mass is 32.2. The molecule has 0 saturated carbocycles. The molecule has 1 aromatic rings. The number of hydrogen-bond donors (Lipinski definition) is 1. The Morgan fingerprint density at radius 1 is 1.33 bits per heavy atom. The van der Waals surface area contributed by atoms with Crippen LogP contribution in [0.4, 0.5) is 4.39 Å². The van der Waals surface area contributed by atoms with Crippen molar-refractivity contribution in [3.8, 4) is 5.75 Å². The number of benzene rings is 1. The fourth-order valence-corrected chi connectivity index (χ4v) is 2.07. The molecule has 2 nitrogen and oxygen atoms in total. The first-order chi connectivity index (χ1) is 8.77. The topological polar surface area (TPSA) is 21.3 Å². The Bertz CT molecular complexity index is 347. The average molecular weight is 271 g/mol. The first kappa shape index (κ1) is 15.3. The molecule has 0 aliphatic rings. The maximum atomic E-state index is 13.2. The largest absolute Gasteiger partial charge is 0.492 e. The SMILES string of the molecule is CCCNCc1cc(F)ccc1OCCSCC. The van der Waals surface area contributed by atoms with E-state index in [9.17, 15) is 4.39 Å². The summed E-state index contributed by atoms with van der Waals surface area (Å²) in [6.45, 7) is 6.50. The first-order valence-corrected chi connectivity index (χ1v) is 7.63. The van der Waals surface area contributed by atoms with Gasteiger partial charge < -0.3 is 10.1 Å². The summed E-state index contributed by atoms with van der Waals surface area (Å²) in [5, 5.41) is 3.27. The van der Waals surface area contributed by atoms with Crippen molar-refractivity contribution in [3.05, 3.63) is 29.6 Å². The summed E-state index contributed by atoms with van der Waals surface area (Å²) in [4.78, 5) is 0. The Kier molecular flexibility index (Phi) is 7.85. The van der Waals surface area contributed by atoms with Crippen LogP contribution in [-0.2, 0) is 6.54 Å². The van der Waals surface area contributed by atoms with Gasteiger partial charge in [-0.2, -0.15) is 11.8 Å². The molecule has 0 bridgehead atoms. The lowest BCUT2D eigenvalue weighted by Gasteiger charge is -2.12. The summed E-state index contributed by atoms with van der Waals surface area (Å²) in [7, 11) is 0. The molecule has 0 unspecified atom stereocenters. The van der Waals surface area contributed by atoms with Gasteiger partial charge in [-0.1, -0.05) is 13.8 Å². The molecule has 0 aliphatic carbocycles. The first-order valence-electron chi connectivity index (χ1n) is 6.47. The highest BCUT2D eigenvalue weighted by molar-refractivity contribution is 7.99. The van der Waals surface area contributed by atoms with Gasteiger partial charge in [0, 0.05) is 17.9 Å². The normalized spacial score (nSPS) is 10.6. The van der Waals surface area contributed by atoms with Gasteiger partial charge >= 0.3 is 0 Å².